The Bertz CT molecular complexity index is 458. The number of primary amides is 1. The summed E-state index contributed by atoms with van der Waals surface area (Å²) in [6.07, 6.45) is 1.60. The van der Waals surface area contributed by atoms with Crippen LogP contribution in [0.5, 0.6) is 0 Å². The summed E-state index contributed by atoms with van der Waals surface area (Å²) in [6.45, 7) is 0.920. The normalized spacial score (nSPS) is 19.8. The van der Waals surface area contributed by atoms with E-state index < -0.39 is 11.9 Å². The van der Waals surface area contributed by atoms with E-state index in [1.807, 2.05) is 0 Å². The second kappa shape index (κ2) is 5.05. The summed E-state index contributed by atoms with van der Waals surface area (Å²) < 4.78 is 6.56. The first kappa shape index (κ1) is 12.4. The van der Waals surface area contributed by atoms with Crippen molar-refractivity contribution in [3.8, 4) is 0 Å². The molecule has 0 bridgehead atoms. The fourth-order valence-electron chi connectivity index (χ4n) is 1.83. The molecule has 8 heteroatoms. The maximum Gasteiger partial charge on any atom is 0.245 e. The van der Waals surface area contributed by atoms with E-state index in [4.69, 9.17) is 16.2 Å². The Morgan fingerprint density at radius 1 is 1.56 bits per heavy atom. The van der Waals surface area contributed by atoms with Gasteiger partial charge in [0.1, 0.15) is 18.4 Å². The molecule has 1 unspecified atom stereocenters. The molecule has 0 aliphatic carbocycles. The number of morpholine rings is 1. The van der Waals surface area contributed by atoms with E-state index in [9.17, 15) is 9.59 Å². The van der Waals surface area contributed by atoms with Gasteiger partial charge in [-0.2, -0.15) is 5.10 Å². The summed E-state index contributed by atoms with van der Waals surface area (Å²) >= 11 is 0. The fraction of sp³-hybridized carbons (Fsp3) is 0.500. The second-order valence-corrected chi connectivity index (χ2v) is 4.02. The number of ether oxygens (including phenoxy) is 1. The van der Waals surface area contributed by atoms with Crippen LogP contribution in [0.25, 0.3) is 0 Å². The molecule has 1 aliphatic heterocycles. The maximum atomic E-state index is 12.1. The van der Waals surface area contributed by atoms with Crippen LogP contribution in [0.1, 0.15) is 0 Å². The molecule has 1 aliphatic rings. The lowest BCUT2D eigenvalue weighted by molar-refractivity contribution is -0.147. The van der Waals surface area contributed by atoms with Crippen LogP contribution in [-0.4, -0.2) is 52.3 Å². The minimum absolute atomic E-state index is 0.0287. The van der Waals surface area contributed by atoms with Crippen LogP contribution < -0.4 is 11.5 Å². The highest BCUT2D eigenvalue weighted by Crippen LogP contribution is 2.08. The van der Waals surface area contributed by atoms with E-state index in [0.29, 0.717) is 19.0 Å². The number of hydrogen-bond donors (Lipinski definition) is 2. The van der Waals surface area contributed by atoms with E-state index in [1.165, 1.54) is 9.58 Å². The molecule has 1 aromatic heterocycles. The molecule has 1 atom stereocenters. The zero-order chi connectivity index (χ0) is 13.1. The highest BCUT2D eigenvalue weighted by molar-refractivity contribution is 5.86. The molecule has 0 aromatic carbocycles. The van der Waals surface area contributed by atoms with Gasteiger partial charge in [0, 0.05) is 12.7 Å². The van der Waals surface area contributed by atoms with E-state index in [2.05, 4.69) is 5.10 Å². The van der Waals surface area contributed by atoms with Crippen molar-refractivity contribution < 1.29 is 14.3 Å². The molecule has 0 spiro atoms. The summed E-state index contributed by atoms with van der Waals surface area (Å²) in [5, 5.41) is 3.91. The summed E-state index contributed by atoms with van der Waals surface area (Å²) in [6, 6.07) is 0.886. The number of nitrogens with zero attached hydrogens (tertiary/aromatic N) is 3. The number of aromatic nitrogens is 2. The van der Waals surface area contributed by atoms with Crippen LogP contribution in [0.3, 0.4) is 0 Å². The number of carbonyl (C=O) groups excluding carboxylic acids is 2. The average Bonchev–Trinajstić information content (AvgIpc) is 2.74. The number of carbonyl (C=O) groups is 2. The van der Waals surface area contributed by atoms with Crippen LogP contribution in [0.2, 0.25) is 0 Å². The first-order valence-corrected chi connectivity index (χ1v) is 5.53. The molecule has 1 aromatic rings. The zero-order valence-electron chi connectivity index (χ0n) is 9.78. The van der Waals surface area contributed by atoms with Crippen LogP contribution in [0.15, 0.2) is 12.3 Å². The van der Waals surface area contributed by atoms with Crippen LogP contribution >= 0.6 is 0 Å². The van der Waals surface area contributed by atoms with Gasteiger partial charge in [0.05, 0.1) is 13.2 Å². The lowest BCUT2D eigenvalue weighted by atomic mass is 10.2. The molecule has 2 rings (SSSR count). The van der Waals surface area contributed by atoms with Gasteiger partial charge in [-0.05, 0) is 6.07 Å². The third kappa shape index (κ3) is 2.59. The van der Waals surface area contributed by atoms with E-state index in [0.717, 1.165) is 0 Å². The zero-order valence-corrected chi connectivity index (χ0v) is 9.78. The highest BCUT2D eigenvalue weighted by atomic mass is 16.5. The van der Waals surface area contributed by atoms with Gasteiger partial charge in [-0.25, -0.2) is 0 Å². The molecular weight excluding hydrogens is 238 g/mol. The Hall–Kier alpha value is -2.09. The first-order chi connectivity index (χ1) is 8.58. The van der Waals surface area contributed by atoms with Gasteiger partial charge in [-0.15, -0.1) is 0 Å². The molecule has 98 valence electrons. The third-order valence-corrected chi connectivity index (χ3v) is 2.74. The van der Waals surface area contributed by atoms with Gasteiger partial charge in [-0.1, -0.05) is 0 Å². The molecule has 2 amide bonds. The van der Waals surface area contributed by atoms with Crippen LogP contribution in [-0.2, 0) is 20.9 Å². The number of rotatable bonds is 3. The average molecular weight is 253 g/mol. The van der Waals surface area contributed by atoms with Gasteiger partial charge in [-0.3, -0.25) is 14.3 Å². The maximum absolute atomic E-state index is 12.1. The van der Waals surface area contributed by atoms with Gasteiger partial charge in [0.25, 0.3) is 0 Å². The Kier molecular flexibility index (Phi) is 3.47. The van der Waals surface area contributed by atoms with Crippen molar-refractivity contribution in [1.82, 2.24) is 14.7 Å². The van der Waals surface area contributed by atoms with Crippen molar-refractivity contribution in [3.63, 3.8) is 0 Å². The van der Waals surface area contributed by atoms with Gasteiger partial charge in [0.15, 0.2) is 0 Å². The molecule has 0 radical (unpaired) electrons. The molecule has 1 fully saturated rings. The van der Waals surface area contributed by atoms with E-state index in [1.54, 1.807) is 12.3 Å². The van der Waals surface area contributed by atoms with Crippen molar-refractivity contribution in [2.75, 3.05) is 25.5 Å². The third-order valence-electron chi connectivity index (χ3n) is 2.74. The topological polar surface area (TPSA) is 116 Å². The van der Waals surface area contributed by atoms with Gasteiger partial charge < -0.3 is 21.1 Å². The standard InChI is InChI=1S/C10H15N5O3/c11-8-1-2-14(13-8)5-9(16)15-3-4-18-6-7(15)10(12)17/h1-2,7H,3-6H2,(H2,11,13)(H2,12,17). The van der Waals surface area contributed by atoms with Crippen LogP contribution in [0, 0.1) is 0 Å². The predicted octanol–water partition coefficient (Wildman–Crippen LogP) is -1.82. The Labute approximate surface area is 103 Å². The summed E-state index contributed by atoms with van der Waals surface area (Å²) in [7, 11) is 0. The van der Waals surface area contributed by atoms with Gasteiger partial charge in [0.2, 0.25) is 11.8 Å². The number of anilines is 1. The lowest BCUT2D eigenvalue weighted by Gasteiger charge is -2.33. The van der Waals surface area contributed by atoms with Crippen molar-refractivity contribution in [1.29, 1.82) is 0 Å². The fourth-order valence-corrected chi connectivity index (χ4v) is 1.83. The number of hydrogen-bond acceptors (Lipinski definition) is 5. The number of amides is 2. The minimum Gasteiger partial charge on any atom is -0.382 e. The molecule has 2 heterocycles. The quantitative estimate of drug-likeness (QED) is 0.657. The summed E-state index contributed by atoms with van der Waals surface area (Å²) in [5.41, 5.74) is 10.7. The van der Waals surface area contributed by atoms with Crippen molar-refractivity contribution in [3.05, 3.63) is 12.3 Å². The van der Waals surface area contributed by atoms with Crippen LogP contribution in [0.4, 0.5) is 5.82 Å². The SMILES string of the molecule is NC(=O)C1COCCN1C(=O)Cn1ccc(N)n1. The largest absolute Gasteiger partial charge is 0.382 e. The van der Waals surface area contributed by atoms with E-state index in [-0.39, 0.29) is 19.1 Å². The molecule has 18 heavy (non-hydrogen) atoms. The van der Waals surface area contributed by atoms with Crippen molar-refractivity contribution in [2.45, 2.75) is 12.6 Å². The van der Waals surface area contributed by atoms with Gasteiger partial charge >= 0.3 is 0 Å². The molecule has 8 nitrogen and oxygen atoms in total. The second-order valence-electron chi connectivity index (χ2n) is 4.02. The molecule has 4 N–H and O–H groups in total. The summed E-state index contributed by atoms with van der Waals surface area (Å²) in [5.74, 6) is -0.454. The lowest BCUT2D eigenvalue weighted by Crippen LogP contribution is -2.55. The van der Waals surface area contributed by atoms with Crippen molar-refractivity contribution in [2.24, 2.45) is 5.73 Å². The van der Waals surface area contributed by atoms with E-state index >= 15 is 0 Å². The molecular formula is C10H15N5O3. The Balaban J connectivity index is 2.04. The molecule has 1 saturated heterocycles. The predicted molar refractivity (Wildman–Crippen MR) is 62.2 cm³/mol. The van der Waals surface area contributed by atoms with Crippen molar-refractivity contribution >= 4 is 17.6 Å². The highest BCUT2D eigenvalue weighted by Gasteiger charge is 2.31. The number of nitrogens with two attached hydrogens (primary N) is 2. The minimum atomic E-state index is -0.709. The smallest absolute Gasteiger partial charge is 0.245 e. The first-order valence-electron chi connectivity index (χ1n) is 5.53. The number of nitrogen functional groups attached to an aromatic ring is 1. The molecule has 0 saturated carbocycles. The summed E-state index contributed by atoms with van der Waals surface area (Å²) in [4.78, 5) is 24.7. The Morgan fingerprint density at radius 3 is 2.94 bits per heavy atom. The Morgan fingerprint density at radius 2 is 2.33 bits per heavy atom. The monoisotopic (exact) mass is 253 g/mol.